The van der Waals surface area contributed by atoms with Crippen molar-refractivity contribution >= 4 is 18.7 Å². The zero-order valence-corrected chi connectivity index (χ0v) is 21.2. The third-order valence-electron chi connectivity index (χ3n) is 6.56. The van der Waals surface area contributed by atoms with Crippen LogP contribution in [0.4, 0.5) is 8.78 Å². The lowest BCUT2D eigenvalue weighted by atomic mass is 10.1. The summed E-state index contributed by atoms with van der Waals surface area (Å²) >= 11 is 0. The van der Waals surface area contributed by atoms with Crippen molar-refractivity contribution < 1.29 is 23.2 Å². The Morgan fingerprint density at radius 1 is 1.14 bits per heavy atom. The Morgan fingerprint density at radius 2 is 1.69 bits per heavy atom. The fourth-order valence-corrected chi connectivity index (χ4v) is 9.43. The highest BCUT2D eigenvalue weighted by atomic mass is 28.4. The van der Waals surface area contributed by atoms with E-state index in [9.17, 15) is 19.2 Å². The molecule has 1 aliphatic heterocycles. The number of H-pyrrole nitrogens is 1. The first-order valence-corrected chi connectivity index (χ1v) is 13.5. The number of nitrogens with one attached hydrogen (secondary N) is 2. The molecule has 0 aliphatic carbocycles. The van der Waals surface area contributed by atoms with Crippen LogP contribution in [0.3, 0.4) is 0 Å². The topological polar surface area (TPSA) is 106 Å². The third kappa shape index (κ3) is 4.60. The summed E-state index contributed by atoms with van der Waals surface area (Å²) in [5, 5.41) is 11.4. The van der Waals surface area contributed by atoms with Gasteiger partial charge in [0, 0.05) is 6.42 Å². The lowest BCUT2D eigenvalue weighted by Gasteiger charge is -2.43. The van der Waals surface area contributed by atoms with Gasteiger partial charge in [0.1, 0.15) is 6.10 Å². The van der Waals surface area contributed by atoms with Crippen LogP contribution >= 0.6 is 0 Å². The molecule has 3 aromatic rings. The molecule has 192 valence electrons. The van der Waals surface area contributed by atoms with Crippen LogP contribution in [0.5, 0.6) is 0 Å². The Hall–Kier alpha value is -2.96. The summed E-state index contributed by atoms with van der Waals surface area (Å²) in [5.41, 5.74) is -0.407. The first-order chi connectivity index (χ1) is 17.0. The molecule has 2 heterocycles. The number of hydroxylamine groups is 1. The van der Waals surface area contributed by atoms with E-state index >= 15 is 4.39 Å². The third-order valence-corrected chi connectivity index (χ3v) is 11.6. The molecule has 11 heteroatoms. The van der Waals surface area contributed by atoms with Crippen molar-refractivity contribution in [3.8, 4) is 0 Å². The van der Waals surface area contributed by atoms with Crippen molar-refractivity contribution in [1.29, 1.82) is 0 Å². The van der Waals surface area contributed by atoms with Gasteiger partial charge in [-0.2, -0.15) is 14.3 Å². The maximum absolute atomic E-state index is 15.9. The van der Waals surface area contributed by atoms with Crippen LogP contribution in [-0.4, -0.2) is 41.8 Å². The van der Waals surface area contributed by atoms with Crippen LogP contribution in [0, 0.1) is 5.82 Å². The number of nitrogens with zero attached hydrogens (tertiary/aromatic N) is 1. The molecule has 1 fully saturated rings. The van der Waals surface area contributed by atoms with Gasteiger partial charge in [-0.25, -0.2) is 9.36 Å². The quantitative estimate of drug-likeness (QED) is 0.327. The summed E-state index contributed by atoms with van der Waals surface area (Å²) in [6, 6.07) is 18.6. The molecule has 0 bridgehead atoms. The van der Waals surface area contributed by atoms with E-state index < -0.39 is 49.9 Å². The second-order valence-corrected chi connectivity index (χ2v) is 14.2. The summed E-state index contributed by atoms with van der Waals surface area (Å²) in [7, 11) is -3.00. The van der Waals surface area contributed by atoms with E-state index in [4.69, 9.17) is 9.16 Å². The van der Waals surface area contributed by atoms with E-state index in [0.29, 0.717) is 10.8 Å². The van der Waals surface area contributed by atoms with Gasteiger partial charge >= 0.3 is 5.69 Å². The fourth-order valence-electron chi connectivity index (χ4n) is 4.86. The molecule has 2 aromatic carbocycles. The Bertz CT molecular complexity index is 1270. The highest BCUT2D eigenvalue weighted by molar-refractivity contribution is 6.99. The number of alkyl halides is 1. The molecule has 4 rings (SSSR count). The lowest BCUT2D eigenvalue weighted by molar-refractivity contribution is -0.204. The summed E-state index contributed by atoms with van der Waals surface area (Å²) in [4.78, 5) is 25.3. The molecule has 8 nitrogen and oxygen atoms in total. The molecule has 1 saturated heterocycles. The minimum atomic E-state index is -3.00. The molecule has 0 spiro atoms. The molecule has 0 saturated carbocycles. The van der Waals surface area contributed by atoms with Crippen molar-refractivity contribution in [3.63, 3.8) is 0 Å². The minimum Gasteiger partial charge on any atom is -0.405 e. The fraction of sp³-hybridized carbons (Fsp3) is 0.360. The Kier molecular flexibility index (Phi) is 7.13. The molecule has 36 heavy (non-hydrogen) atoms. The second-order valence-electron chi connectivity index (χ2n) is 9.87. The second kappa shape index (κ2) is 9.83. The summed E-state index contributed by atoms with van der Waals surface area (Å²) in [6.07, 6.45) is -1.10. The maximum Gasteiger partial charge on any atom is 0.332 e. The van der Waals surface area contributed by atoms with Crippen LogP contribution in [0.1, 0.15) is 27.2 Å². The van der Waals surface area contributed by atoms with Gasteiger partial charge in [0.05, 0.1) is 18.8 Å². The number of hydrogen-bond donors (Lipinski definition) is 3. The van der Waals surface area contributed by atoms with Gasteiger partial charge < -0.3 is 14.4 Å². The van der Waals surface area contributed by atoms with Gasteiger partial charge in [-0.3, -0.25) is 9.78 Å². The van der Waals surface area contributed by atoms with Gasteiger partial charge in [-0.1, -0.05) is 81.4 Å². The normalized spacial score (nSPS) is 22.6. The molecular formula is C25H29F2N3O5Si. The van der Waals surface area contributed by atoms with Gasteiger partial charge in [0.2, 0.25) is 5.82 Å². The molecule has 0 amide bonds. The molecule has 0 radical (unpaired) electrons. The zero-order chi connectivity index (χ0) is 26.1. The minimum absolute atomic E-state index is 0.127. The number of halogens is 2. The van der Waals surface area contributed by atoms with Crippen LogP contribution in [0.2, 0.25) is 5.04 Å². The number of rotatable bonds is 7. The van der Waals surface area contributed by atoms with E-state index in [0.717, 1.165) is 10.4 Å². The van der Waals surface area contributed by atoms with Crippen LogP contribution in [0.25, 0.3) is 0 Å². The monoisotopic (exact) mass is 517 g/mol. The Morgan fingerprint density at radius 3 is 2.19 bits per heavy atom. The SMILES string of the molecule is CC(C)(C)[Si](OC[C@H]1O[C@@](F)(n2cc(F)c(=O)[nH]c2=O)C[C@@H]1NO)(c1ccccc1)c1ccccc1. The lowest BCUT2D eigenvalue weighted by Crippen LogP contribution is -2.67. The standard InChI is InChI=1S/C25H29F2N3O5Si/c1-24(2,3)36(17-10-6-4-7-11-17,18-12-8-5-9-13-18)34-16-21-20(29-33)14-25(27,35-21)30-15-19(26)22(31)28-23(30)32/h4-13,15,20-21,29,33H,14,16H2,1-3H3,(H,28,31,32)/t20-,21+,25-/m0/s1. The van der Waals surface area contributed by atoms with E-state index in [1.54, 1.807) is 4.98 Å². The van der Waals surface area contributed by atoms with Crippen LogP contribution in [0.15, 0.2) is 76.4 Å². The van der Waals surface area contributed by atoms with E-state index in [2.05, 4.69) is 20.8 Å². The van der Waals surface area contributed by atoms with E-state index in [-0.39, 0.29) is 11.6 Å². The van der Waals surface area contributed by atoms with Crippen LogP contribution in [-0.2, 0) is 15.1 Å². The van der Waals surface area contributed by atoms with Crippen molar-refractivity contribution in [2.75, 3.05) is 6.61 Å². The van der Waals surface area contributed by atoms with E-state index in [1.807, 2.05) is 66.1 Å². The number of aromatic nitrogens is 2. The molecule has 1 aliphatic rings. The Balaban J connectivity index is 1.72. The summed E-state index contributed by atoms with van der Waals surface area (Å²) in [5.74, 6) is -4.15. The average molecular weight is 518 g/mol. The average Bonchev–Trinajstić information content (AvgIpc) is 3.19. The molecule has 3 N–H and O–H groups in total. The molecule has 1 aromatic heterocycles. The first-order valence-electron chi connectivity index (χ1n) is 11.5. The van der Waals surface area contributed by atoms with Crippen molar-refractivity contribution in [2.24, 2.45) is 0 Å². The number of ether oxygens (including phenoxy) is 1. The summed E-state index contributed by atoms with van der Waals surface area (Å²) < 4.78 is 42.4. The number of benzene rings is 2. The predicted octanol–water partition coefficient (Wildman–Crippen LogP) is 1.97. The smallest absolute Gasteiger partial charge is 0.332 e. The highest BCUT2D eigenvalue weighted by Crippen LogP contribution is 2.39. The molecule has 0 unspecified atom stereocenters. The Labute approximate surface area is 207 Å². The van der Waals surface area contributed by atoms with Gasteiger partial charge in [-0.15, -0.1) is 0 Å². The van der Waals surface area contributed by atoms with Crippen molar-refractivity contribution in [1.82, 2.24) is 15.0 Å². The highest BCUT2D eigenvalue weighted by Gasteiger charge is 2.54. The van der Waals surface area contributed by atoms with Gasteiger partial charge in [-0.05, 0) is 15.4 Å². The number of aromatic amines is 1. The zero-order valence-electron chi connectivity index (χ0n) is 20.2. The van der Waals surface area contributed by atoms with Gasteiger partial charge in [0.15, 0.2) is 0 Å². The van der Waals surface area contributed by atoms with Gasteiger partial charge in [0.25, 0.3) is 19.9 Å². The maximum atomic E-state index is 15.9. The predicted molar refractivity (Wildman–Crippen MR) is 132 cm³/mol. The van der Waals surface area contributed by atoms with Crippen molar-refractivity contribution in [2.45, 2.75) is 50.4 Å². The van der Waals surface area contributed by atoms with Crippen molar-refractivity contribution in [3.05, 3.63) is 93.5 Å². The van der Waals surface area contributed by atoms with E-state index in [1.165, 1.54) is 0 Å². The van der Waals surface area contributed by atoms with Crippen LogP contribution < -0.4 is 27.1 Å². The largest absolute Gasteiger partial charge is 0.405 e. The molecule has 3 atom stereocenters. The summed E-state index contributed by atoms with van der Waals surface area (Å²) in [6.45, 7) is 6.12. The molecular weight excluding hydrogens is 488 g/mol. The number of hydrogen-bond acceptors (Lipinski definition) is 6. The first kappa shape index (κ1) is 26.1.